The summed E-state index contributed by atoms with van der Waals surface area (Å²) in [5.74, 6) is 1.91. The molecule has 3 rings (SSSR count). The topological polar surface area (TPSA) is 22.0 Å². The van der Waals surface area contributed by atoms with Crippen molar-refractivity contribution >= 4 is 5.78 Å². The Morgan fingerprint density at radius 2 is 1.95 bits per heavy atom. The quantitative estimate of drug-likeness (QED) is 0.730. The Kier molecular flexibility index (Phi) is 3.30. The van der Waals surface area contributed by atoms with Gasteiger partial charge >= 0.3 is 0 Å². The molecule has 3 unspecified atom stereocenters. The number of nitrogens with zero attached hydrogens (tertiary/aromatic N) is 1. The first kappa shape index (κ1) is 13.9. The van der Waals surface area contributed by atoms with Gasteiger partial charge in [0, 0.05) is 29.9 Å². The van der Waals surface area contributed by atoms with Crippen molar-refractivity contribution in [1.82, 2.24) is 4.57 Å². The van der Waals surface area contributed by atoms with Crippen molar-refractivity contribution in [2.24, 2.45) is 17.3 Å². The van der Waals surface area contributed by atoms with Crippen LogP contribution in [0.25, 0.3) is 0 Å². The SMILES string of the molecule is CC1CCC(n2ccc3c2CC(C)(C)CC3=O)C(C)C1. The predicted octanol–water partition coefficient (Wildman–Crippen LogP) is 4.64. The molecule has 0 bridgehead atoms. The molecule has 20 heavy (non-hydrogen) atoms. The van der Waals surface area contributed by atoms with Crippen molar-refractivity contribution in [3.05, 3.63) is 23.5 Å². The molecule has 0 aromatic carbocycles. The van der Waals surface area contributed by atoms with Crippen molar-refractivity contribution in [1.29, 1.82) is 0 Å². The molecule has 2 aliphatic rings. The molecule has 0 saturated heterocycles. The maximum absolute atomic E-state index is 12.3. The molecule has 2 nitrogen and oxygen atoms in total. The van der Waals surface area contributed by atoms with Gasteiger partial charge in [-0.3, -0.25) is 4.79 Å². The monoisotopic (exact) mass is 273 g/mol. The van der Waals surface area contributed by atoms with Crippen LogP contribution in [0.2, 0.25) is 0 Å². The molecule has 0 N–H and O–H groups in total. The molecule has 3 atom stereocenters. The first-order valence-electron chi connectivity index (χ1n) is 8.10. The minimum atomic E-state index is 0.116. The largest absolute Gasteiger partial charge is 0.347 e. The summed E-state index contributed by atoms with van der Waals surface area (Å²) in [6, 6.07) is 2.66. The molecule has 1 fully saturated rings. The minimum absolute atomic E-state index is 0.116. The van der Waals surface area contributed by atoms with Crippen LogP contribution in [0.3, 0.4) is 0 Å². The van der Waals surface area contributed by atoms with Gasteiger partial charge in [0.25, 0.3) is 0 Å². The third kappa shape index (κ3) is 2.34. The van der Waals surface area contributed by atoms with Gasteiger partial charge in [0.2, 0.25) is 0 Å². The molecule has 0 amide bonds. The van der Waals surface area contributed by atoms with Gasteiger partial charge in [-0.05, 0) is 49.0 Å². The molecule has 1 saturated carbocycles. The smallest absolute Gasteiger partial charge is 0.165 e. The molecule has 1 aromatic rings. The number of ketones is 1. The van der Waals surface area contributed by atoms with Crippen LogP contribution in [0.15, 0.2) is 12.3 Å². The van der Waals surface area contributed by atoms with E-state index in [2.05, 4.69) is 44.5 Å². The highest BCUT2D eigenvalue weighted by molar-refractivity contribution is 5.98. The van der Waals surface area contributed by atoms with Crippen LogP contribution < -0.4 is 0 Å². The minimum Gasteiger partial charge on any atom is -0.347 e. The van der Waals surface area contributed by atoms with Crippen LogP contribution >= 0.6 is 0 Å². The second-order valence-electron chi connectivity index (χ2n) is 7.99. The standard InChI is InChI=1S/C18H27NO/c1-12-5-6-15(13(2)9-12)19-8-7-14-16(19)10-18(3,4)11-17(14)20/h7-8,12-13,15H,5-6,9-11H2,1-4H3. The van der Waals surface area contributed by atoms with Crippen molar-refractivity contribution in [3.8, 4) is 0 Å². The Bertz CT molecular complexity index is 526. The van der Waals surface area contributed by atoms with Gasteiger partial charge in [-0.2, -0.15) is 0 Å². The lowest BCUT2D eigenvalue weighted by molar-refractivity contribution is 0.0906. The molecule has 2 aliphatic carbocycles. The summed E-state index contributed by atoms with van der Waals surface area (Å²) in [5.41, 5.74) is 2.42. The molecule has 110 valence electrons. The van der Waals surface area contributed by atoms with E-state index < -0.39 is 0 Å². The zero-order valence-electron chi connectivity index (χ0n) is 13.3. The van der Waals surface area contributed by atoms with Crippen LogP contribution in [0.1, 0.15) is 75.5 Å². The third-order valence-electron chi connectivity index (χ3n) is 5.35. The number of fused-ring (bicyclic) bond motifs is 1. The first-order chi connectivity index (χ1) is 9.37. The fourth-order valence-corrected chi connectivity index (χ4v) is 4.34. The molecule has 0 radical (unpaired) electrons. The number of hydrogen-bond donors (Lipinski definition) is 0. The van der Waals surface area contributed by atoms with Gasteiger partial charge in [-0.1, -0.05) is 27.7 Å². The van der Waals surface area contributed by atoms with Gasteiger partial charge < -0.3 is 4.57 Å². The molecule has 1 heterocycles. The lowest BCUT2D eigenvalue weighted by Gasteiger charge is -2.37. The first-order valence-corrected chi connectivity index (χ1v) is 8.10. The highest BCUT2D eigenvalue weighted by Crippen LogP contribution is 2.41. The number of rotatable bonds is 1. The Morgan fingerprint density at radius 3 is 2.65 bits per heavy atom. The van der Waals surface area contributed by atoms with Gasteiger partial charge in [0.05, 0.1) is 0 Å². The van der Waals surface area contributed by atoms with Crippen molar-refractivity contribution in [3.63, 3.8) is 0 Å². The fraction of sp³-hybridized carbons (Fsp3) is 0.722. The Balaban J connectivity index is 1.95. The number of aromatic nitrogens is 1. The Hall–Kier alpha value is -1.05. The van der Waals surface area contributed by atoms with E-state index in [1.165, 1.54) is 25.0 Å². The van der Waals surface area contributed by atoms with E-state index in [9.17, 15) is 4.79 Å². The molecular formula is C18H27NO. The van der Waals surface area contributed by atoms with Crippen molar-refractivity contribution in [2.45, 2.75) is 65.8 Å². The van der Waals surface area contributed by atoms with E-state index in [1.807, 2.05) is 0 Å². The third-order valence-corrected chi connectivity index (χ3v) is 5.35. The van der Waals surface area contributed by atoms with Crippen molar-refractivity contribution in [2.75, 3.05) is 0 Å². The second kappa shape index (κ2) is 4.75. The summed E-state index contributed by atoms with van der Waals surface area (Å²) < 4.78 is 2.45. The van der Waals surface area contributed by atoms with Gasteiger partial charge in [0.15, 0.2) is 5.78 Å². The van der Waals surface area contributed by atoms with Crippen LogP contribution in [0.5, 0.6) is 0 Å². The molecular weight excluding hydrogens is 246 g/mol. The fourth-order valence-electron chi connectivity index (χ4n) is 4.34. The molecule has 0 aliphatic heterocycles. The summed E-state index contributed by atoms with van der Waals surface area (Å²) in [4.78, 5) is 12.3. The van der Waals surface area contributed by atoms with E-state index in [-0.39, 0.29) is 5.41 Å². The number of carbonyl (C=O) groups excluding carboxylic acids is 1. The van der Waals surface area contributed by atoms with Gasteiger partial charge in [0.1, 0.15) is 0 Å². The number of carbonyl (C=O) groups is 1. The Labute approximate surface area is 122 Å². The lowest BCUT2D eigenvalue weighted by atomic mass is 9.75. The second-order valence-corrected chi connectivity index (χ2v) is 7.99. The van der Waals surface area contributed by atoms with Gasteiger partial charge in [-0.15, -0.1) is 0 Å². The highest BCUT2D eigenvalue weighted by Gasteiger charge is 2.35. The van der Waals surface area contributed by atoms with E-state index >= 15 is 0 Å². The van der Waals surface area contributed by atoms with E-state index in [0.717, 1.165) is 23.8 Å². The number of hydrogen-bond acceptors (Lipinski definition) is 1. The van der Waals surface area contributed by atoms with E-state index in [0.29, 0.717) is 18.2 Å². The molecule has 0 spiro atoms. The van der Waals surface area contributed by atoms with Crippen LogP contribution in [0, 0.1) is 17.3 Å². The summed E-state index contributed by atoms with van der Waals surface area (Å²) in [7, 11) is 0. The predicted molar refractivity (Wildman–Crippen MR) is 82.1 cm³/mol. The normalized spacial score (nSPS) is 33.0. The van der Waals surface area contributed by atoms with Crippen LogP contribution in [-0.2, 0) is 6.42 Å². The summed E-state index contributed by atoms with van der Waals surface area (Å²) >= 11 is 0. The average Bonchev–Trinajstić information content (AvgIpc) is 2.71. The average molecular weight is 273 g/mol. The summed E-state index contributed by atoms with van der Waals surface area (Å²) in [6.45, 7) is 9.18. The summed E-state index contributed by atoms with van der Waals surface area (Å²) in [5, 5.41) is 0. The zero-order chi connectivity index (χ0) is 14.5. The van der Waals surface area contributed by atoms with Gasteiger partial charge in [-0.25, -0.2) is 0 Å². The van der Waals surface area contributed by atoms with Crippen LogP contribution in [-0.4, -0.2) is 10.4 Å². The maximum Gasteiger partial charge on any atom is 0.165 e. The lowest BCUT2D eigenvalue weighted by Crippen LogP contribution is -2.31. The number of Topliss-reactive ketones (excluding diaryl/α,β-unsaturated/α-hetero) is 1. The summed E-state index contributed by atoms with van der Waals surface area (Å²) in [6.07, 6.45) is 7.81. The Morgan fingerprint density at radius 1 is 1.20 bits per heavy atom. The van der Waals surface area contributed by atoms with E-state index in [1.54, 1.807) is 0 Å². The van der Waals surface area contributed by atoms with Crippen molar-refractivity contribution < 1.29 is 4.79 Å². The zero-order valence-corrected chi connectivity index (χ0v) is 13.3. The highest BCUT2D eigenvalue weighted by atomic mass is 16.1. The molecule has 1 aromatic heterocycles. The maximum atomic E-state index is 12.3. The molecule has 2 heteroatoms. The van der Waals surface area contributed by atoms with E-state index in [4.69, 9.17) is 0 Å². The van der Waals surface area contributed by atoms with Crippen LogP contribution in [0.4, 0.5) is 0 Å².